The van der Waals surface area contributed by atoms with E-state index < -0.39 is 5.41 Å². The lowest BCUT2D eigenvalue weighted by atomic mass is 9.85. The zero-order chi connectivity index (χ0) is 15.6. The highest BCUT2D eigenvalue weighted by Crippen LogP contribution is 2.37. The van der Waals surface area contributed by atoms with Gasteiger partial charge in [0, 0.05) is 31.3 Å². The highest BCUT2D eigenvalue weighted by atomic mass is 16.2. The number of hydrogen-bond donors (Lipinski definition) is 3. The second kappa shape index (κ2) is 5.55. The number of rotatable bonds is 4. The Bertz CT molecular complexity index is 608. The summed E-state index contributed by atoms with van der Waals surface area (Å²) in [5.74, 6) is -0.424. The van der Waals surface area contributed by atoms with E-state index in [0.717, 1.165) is 11.3 Å². The molecule has 0 aliphatic carbocycles. The zero-order valence-electron chi connectivity index (χ0n) is 12.4. The van der Waals surface area contributed by atoms with Crippen molar-refractivity contribution in [3.05, 3.63) is 29.3 Å². The maximum Gasteiger partial charge on any atom is 0.251 e. The monoisotopic (exact) mass is 289 g/mol. The summed E-state index contributed by atoms with van der Waals surface area (Å²) in [5.41, 5.74) is 1.44. The molecule has 0 radical (unpaired) electrons. The van der Waals surface area contributed by atoms with Crippen molar-refractivity contribution >= 4 is 23.4 Å². The van der Waals surface area contributed by atoms with E-state index in [1.165, 1.54) is 6.92 Å². The Labute approximate surface area is 123 Å². The van der Waals surface area contributed by atoms with E-state index in [0.29, 0.717) is 18.7 Å². The first-order valence-electron chi connectivity index (χ1n) is 6.81. The summed E-state index contributed by atoms with van der Waals surface area (Å²) >= 11 is 0. The van der Waals surface area contributed by atoms with Gasteiger partial charge in [-0.15, -0.1) is 0 Å². The van der Waals surface area contributed by atoms with Crippen LogP contribution in [0.4, 0.5) is 5.69 Å². The SMILES string of the molecule is CC(=O)NCCNC(=O)c1ccc2c(c1)C(C)(C)C(=O)N2. The van der Waals surface area contributed by atoms with Gasteiger partial charge in [-0.1, -0.05) is 0 Å². The van der Waals surface area contributed by atoms with Gasteiger partial charge in [-0.25, -0.2) is 0 Å². The van der Waals surface area contributed by atoms with Crippen LogP contribution in [0.1, 0.15) is 36.7 Å². The molecule has 1 heterocycles. The average Bonchev–Trinajstić information content (AvgIpc) is 2.64. The Morgan fingerprint density at radius 1 is 1.19 bits per heavy atom. The molecule has 0 unspecified atom stereocenters. The lowest BCUT2D eigenvalue weighted by molar-refractivity contribution is -0.120. The summed E-state index contributed by atoms with van der Waals surface area (Å²) in [6.45, 7) is 5.82. The highest BCUT2D eigenvalue weighted by Gasteiger charge is 2.38. The molecule has 1 aliphatic heterocycles. The fraction of sp³-hybridized carbons (Fsp3) is 0.400. The number of carbonyl (C=O) groups excluding carboxylic acids is 3. The first-order valence-corrected chi connectivity index (χ1v) is 6.81. The molecule has 1 aromatic carbocycles. The van der Waals surface area contributed by atoms with Gasteiger partial charge in [0.2, 0.25) is 11.8 Å². The minimum Gasteiger partial charge on any atom is -0.355 e. The van der Waals surface area contributed by atoms with Crippen LogP contribution in [0, 0.1) is 0 Å². The number of hydrogen-bond acceptors (Lipinski definition) is 3. The Kier molecular flexibility index (Phi) is 3.97. The molecule has 0 aromatic heterocycles. The predicted molar refractivity (Wildman–Crippen MR) is 79.1 cm³/mol. The third kappa shape index (κ3) is 3.04. The van der Waals surface area contributed by atoms with Crippen LogP contribution in [0.3, 0.4) is 0 Å². The van der Waals surface area contributed by atoms with E-state index in [9.17, 15) is 14.4 Å². The molecule has 2 rings (SSSR count). The molecule has 3 N–H and O–H groups in total. The fourth-order valence-electron chi connectivity index (χ4n) is 2.23. The summed E-state index contributed by atoms with van der Waals surface area (Å²) in [6, 6.07) is 5.15. The zero-order valence-corrected chi connectivity index (χ0v) is 12.4. The van der Waals surface area contributed by atoms with E-state index in [2.05, 4.69) is 16.0 Å². The van der Waals surface area contributed by atoms with Crippen molar-refractivity contribution in [1.82, 2.24) is 10.6 Å². The minimum absolute atomic E-state index is 0.0688. The molecule has 1 aromatic rings. The van der Waals surface area contributed by atoms with Gasteiger partial charge in [-0.2, -0.15) is 0 Å². The van der Waals surface area contributed by atoms with Crippen molar-refractivity contribution in [1.29, 1.82) is 0 Å². The van der Waals surface area contributed by atoms with Crippen LogP contribution in [-0.2, 0) is 15.0 Å². The summed E-state index contributed by atoms with van der Waals surface area (Å²) < 4.78 is 0. The third-order valence-corrected chi connectivity index (χ3v) is 3.56. The number of carbonyl (C=O) groups is 3. The molecule has 0 spiro atoms. The lowest BCUT2D eigenvalue weighted by Crippen LogP contribution is -2.33. The van der Waals surface area contributed by atoms with Gasteiger partial charge >= 0.3 is 0 Å². The second-order valence-electron chi connectivity index (χ2n) is 5.58. The summed E-state index contributed by atoms with van der Waals surface area (Å²) in [7, 11) is 0. The second-order valence-corrected chi connectivity index (χ2v) is 5.58. The van der Waals surface area contributed by atoms with E-state index in [1.54, 1.807) is 18.2 Å². The molecule has 1 aliphatic rings. The fourth-order valence-corrected chi connectivity index (χ4v) is 2.23. The van der Waals surface area contributed by atoms with Gasteiger partial charge in [-0.3, -0.25) is 14.4 Å². The maximum absolute atomic E-state index is 12.1. The molecular formula is C15H19N3O3. The largest absolute Gasteiger partial charge is 0.355 e. The minimum atomic E-state index is -0.637. The lowest BCUT2D eigenvalue weighted by Gasteiger charge is -2.15. The number of amides is 3. The van der Waals surface area contributed by atoms with Crippen LogP contribution in [0.5, 0.6) is 0 Å². The van der Waals surface area contributed by atoms with Crippen LogP contribution >= 0.6 is 0 Å². The predicted octanol–water partition coefficient (Wildman–Crippen LogP) is 0.782. The Morgan fingerprint density at radius 3 is 2.52 bits per heavy atom. The molecule has 6 nitrogen and oxygen atoms in total. The Balaban J connectivity index is 2.06. The highest BCUT2D eigenvalue weighted by molar-refractivity contribution is 6.07. The van der Waals surface area contributed by atoms with Gasteiger partial charge in [0.05, 0.1) is 5.41 Å². The molecule has 21 heavy (non-hydrogen) atoms. The third-order valence-electron chi connectivity index (χ3n) is 3.56. The van der Waals surface area contributed by atoms with Crippen molar-refractivity contribution in [3.8, 4) is 0 Å². The van der Waals surface area contributed by atoms with Crippen LogP contribution in [0.25, 0.3) is 0 Å². The van der Waals surface area contributed by atoms with Crippen molar-refractivity contribution in [2.75, 3.05) is 18.4 Å². The molecule has 0 atom stereocenters. The molecule has 112 valence electrons. The van der Waals surface area contributed by atoms with Crippen LogP contribution in [-0.4, -0.2) is 30.8 Å². The van der Waals surface area contributed by atoms with E-state index >= 15 is 0 Å². The van der Waals surface area contributed by atoms with Crippen molar-refractivity contribution in [2.45, 2.75) is 26.2 Å². The van der Waals surface area contributed by atoms with Gasteiger partial charge < -0.3 is 16.0 Å². The van der Waals surface area contributed by atoms with Crippen molar-refractivity contribution in [2.24, 2.45) is 0 Å². The van der Waals surface area contributed by atoms with Crippen molar-refractivity contribution in [3.63, 3.8) is 0 Å². The van der Waals surface area contributed by atoms with Crippen LogP contribution in [0.15, 0.2) is 18.2 Å². The molecular weight excluding hydrogens is 270 g/mol. The summed E-state index contributed by atoms with van der Waals surface area (Å²) in [5, 5.41) is 8.13. The molecule has 0 fully saturated rings. The van der Waals surface area contributed by atoms with Gasteiger partial charge in [0.15, 0.2) is 0 Å². The first-order chi connectivity index (χ1) is 9.82. The van der Waals surface area contributed by atoms with Gasteiger partial charge in [0.25, 0.3) is 5.91 Å². The molecule has 0 saturated heterocycles. The normalized spacial score (nSPS) is 15.1. The topological polar surface area (TPSA) is 87.3 Å². The van der Waals surface area contributed by atoms with E-state index in [4.69, 9.17) is 0 Å². The number of benzene rings is 1. The number of nitrogens with one attached hydrogen (secondary N) is 3. The van der Waals surface area contributed by atoms with Gasteiger partial charge in [0.1, 0.15) is 0 Å². The van der Waals surface area contributed by atoms with Crippen LogP contribution < -0.4 is 16.0 Å². The first kappa shape index (κ1) is 15.0. The van der Waals surface area contributed by atoms with Gasteiger partial charge in [-0.05, 0) is 37.6 Å². The average molecular weight is 289 g/mol. The molecule has 6 heteroatoms. The Hall–Kier alpha value is -2.37. The molecule has 0 bridgehead atoms. The number of anilines is 1. The van der Waals surface area contributed by atoms with Crippen molar-refractivity contribution < 1.29 is 14.4 Å². The standard InChI is InChI=1S/C15H19N3O3/c1-9(19)16-6-7-17-13(20)10-4-5-12-11(8-10)15(2,3)14(21)18-12/h4-5,8H,6-7H2,1-3H3,(H,16,19)(H,17,20)(H,18,21). The smallest absolute Gasteiger partial charge is 0.251 e. The van der Waals surface area contributed by atoms with E-state index in [1.807, 2.05) is 13.8 Å². The molecule has 3 amide bonds. The maximum atomic E-state index is 12.1. The Morgan fingerprint density at radius 2 is 1.86 bits per heavy atom. The number of fused-ring (bicyclic) bond motifs is 1. The molecule has 0 saturated carbocycles. The summed E-state index contributed by atoms with van der Waals surface area (Å²) in [4.78, 5) is 34.6. The van der Waals surface area contributed by atoms with E-state index in [-0.39, 0.29) is 17.7 Å². The quantitative estimate of drug-likeness (QED) is 0.716. The van der Waals surface area contributed by atoms with Crippen LogP contribution in [0.2, 0.25) is 0 Å². The summed E-state index contributed by atoms with van der Waals surface area (Å²) in [6.07, 6.45) is 0.